The molecule has 55 heavy (non-hydrogen) atoms. The van der Waals surface area contributed by atoms with E-state index in [1.165, 1.54) is 65.3 Å². The quantitative estimate of drug-likeness (QED) is 0.175. The summed E-state index contributed by atoms with van der Waals surface area (Å²) in [6.07, 6.45) is 10.1. The molecule has 7 aromatic rings. The predicted molar refractivity (Wildman–Crippen MR) is 217 cm³/mol. The summed E-state index contributed by atoms with van der Waals surface area (Å²) in [5.41, 5.74) is 10.2. The maximum Gasteiger partial charge on any atom is 0.219 e. The Balaban J connectivity index is 0.00000397. The average molecular weight is 904 g/mol. The molecule has 4 aromatic carbocycles. The number of hydrogen-bond acceptors (Lipinski definition) is 4. The fourth-order valence-electron chi connectivity index (χ4n) is 10.9. The monoisotopic (exact) mass is 903 g/mol. The van der Waals surface area contributed by atoms with E-state index in [0.29, 0.717) is 17.5 Å². The summed E-state index contributed by atoms with van der Waals surface area (Å²) in [6.45, 7) is 9.66. The van der Waals surface area contributed by atoms with E-state index in [-0.39, 0.29) is 43.1 Å². The first-order valence-electron chi connectivity index (χ1n) is 19.7. The van der Waals surface area contributed by atoms with E-state index in [0.717, 1.165) is 46.3 Å². The van der Waals surface area contributed by atoms with Crippen molar-refractivity contribution in [2.75, 3.05) is 0 Å². The van der Waals surface area contributed by atoms with Crippen molar-refractivity contribution in [3.63, 3.8) is 0 Å². The molecule has 10 rings (SSSR count). The van der Waals surface area contributed by atoms with Crippen molar-refractivity contribution in [3.8, 4) is 34.3 Å². The first-order chi connectivity index (χ1) is 26.2. The van der Waals surface area contributed by atoms with Crippen LogP contribution in [0.1, 0.15) is 93.5 Å². The van der Waals surface area contributed by atoms with Crippen molar-refractivity contribution in [1.82, 2.24) is 14.5 Å². The van der Waals surface area contributed by atoms with Crippen LogP contribution in [0.4, 0.5) is 0 Å². The van der Waals surface area contributed by atoms with Gasteiger partial charge in [-0.1, -0.05) is 112 Å². The standard InChI is InChI=1S/C49H46N3O2.Pt/c1-47(2)39-17-8-9-18-40(39)48(3,4)49(47)29-34-21-24-42(53)45(38(34)30-49)33-15-12-16-35(27-33)54-44-25-22-36-37-28-32(31-13-6-5-7-14-31)20-23-41(37)52(46(36)51-44)43-19-10-11-26-50-43;/h8-12,15-26,28,31,53H,5-7,13-14,29-30H2,1-4H3;/q-1;. The van der Waals surface area contributed by atoms with Crippen molar-refractivity contribution in [2.24, 2.45) is 5.41 Å². The molecule has 0 bridgehead atoms. The molecule has 280 valence electrons. The van der Waals surface area contributed by atoms with Crippen LogP contribution in [0, 0.1) is 11.5 Å². The first kappa shape index (κ1) is 35.9. The van der Waals surface area contributed by atoms with Gasteiger partial charge < -0.3 is 9.84 Å². The van der Waals surface area contributed by atoms with E-state index < -0.39 is 0 Å². The predicted octanol–water partition coefficient (Wildman–Crippen LogP) is 11.9. The van der Waals surface area contributed by atoms with Crippen molar-refractivity contribution in [3.05, 3.63) is 143 Å². The number of hydrogen-bond donors (Lipinski definition) is 1. The smallest absolute Gasteiger partial charge is 0.219 e. The van der Waals surface area contributed by atoms with Crippen LogP contribution in [-0.4, -0.2) is 19.6 Å². The van der Waals surface area contributed by atoms with Gasteiger partial charge in [-0.15, -0.1) is 23.8 Å². The normalized spacial score (nSPS) is 18.0. The van der Waals surface area contributed by atoms with Gasteiger partial charge in [0.25, 0.3) is 0 Å². The molecule has 3 aliphatic carbocycles. The van der Waals surface area contributed by atoms with Gasteiger partial charge in [0.1, 0.15) is 5.82 Å². The number of nitrogens with zero attached hydrogens (tertiary/aromatic N) is 3. The Morgan fingerprint density at radius 1 is 0.764 bits per heavy atom. The molecular weight excluding hydrogens is 858 g/mol. The number of fused-ring (bicyclic) bond motifs is 5. The van der Waals surface area contributed by atoms with Crippen LogP contribution < -0.4 is 4.74 Å². The van der Waals surface area contributed by atoms with E-state index in [9.17, 15) is 5.11 Å². The molecule has 0 unspecified atom stereocenters. The second kappa shape index (κ2) is 13.2. The van der Waals surface area contributed by atoms with Gasteiger partial charge in [-0.3, -0.25) is 4.57 Å². The van der Waals surface area contributed by atoms with E-state index in [1.54, 1.807) is 0 Å². The molecule has 0 aliphatic heterocycles. The minimum atomic E-state index is -0.0484. The van der Waals surface area contributed by atoms with Gasteiger partial charge in [0.2, 0.25) is 5.88 Å². The Morgan fingerprint density at radius 3 is 2.27 bits per heavy atom. The largest absolute Gasteiger partial charge is 0.517 e. The van der Waals surface area contributed by atoms with Crippen LogP contribution >= 0.6 is 0 Å². The third-order valence-electron chi connectivity index (χ3n) is 13.8. The zero-order valence-corrected chi connectivity index (χ0v) is 34.2. The number of ether oxygens (including phenoxy) is 1. The summed E-state index contributed by atoms with van der Waals surface area (Å²) >= 11 is 0. The molecule has 1 fully saturated rings. The van der Waals surface area contributed by atoms with Crippen LogP contribution in [0.2, 0.25) is 0 Å². The molecule has 1 N–H and O–H groups in total. The maximum atomic E-state index is 11.5. The van der Waals surface area contributed by atoms with E-state index in [4.69, 9.17) is 14.7 Å². The third kappa shape index (κ3) is 5.36. The van der Waals surface area contributed by atoms with Gasteiger partial charge in [0, 0.05) is 49.9 Å². The maximum absolute atomic E-state index is 11.5. The van der Waals surface area contributed by atoms with Crippen molar-refractivity contribution >= 4 is 21.9 Å². The number of aromatic hydroxyl groups is 1. The van der Waals surface area contributed by atoms with Crippen LogP contribution in [0.15, 0.2) is 109 Å². The minimum absolute atomic E-state index is 0. The first-order valence-corrected chi connectivity index (χ1v) is 19.7. The van der Waals surface area contributed by atoms with E-state index >= 15 is 0 Å². The summed E-state index contributed by atoms with van der Waals surface area (Å²) in [4.78, 5) is 9.87. The summed E-state index contributed by atoms with van der Waals surface area (Å²) in [5, 5.41) is 13.8. The second-order valence-corrected chi connectivity index (χ2v) is 17.0. The van der Waals surface area contributed by atoms with Crippen molar-refractivity contribution in [2.45, 2.75) is 89.4 Å². The third-order valence-corrected chi connectivity index (χ3v) is 13.8. The van der Waals surface area contributed by atoms with Crippen LogP contribution in [0.3, 0.4) is 0 Å². The SMILES string of the molecule is CC1(C)c2ccccc2C(C)(C)C12Cc1ccc(O)c(-c3[c-]c(Oc4ccc5c6cc(C7CCCCC7)ccc6n(-c6ccccn6)c5n4)ccc3)c1C2.[Pt]. The zero-order chi connectivity index (χ0) is 36.8. The fourth-order valence-corrected chi connectivity index (χ4v) is 10.9. The number of pyridine rings is 2. The van der Waals surface area contributed by atoms with Crippen LogP contribution in [-0.2, 0) is 44.7 Å². The van der Waals surface area contributed by atoms with Crippen LogP contribution in [0.25, 0.3) is 38.9 Å². The number of rotatable bonds is 5. The molecule has 3 aromatic heterocycles. The summed E-state index contributed by atoms with van der Waals surface area (Å²) < 4.78 is 8.68. The van der Waals surface area contributed by atoms with Crippen molar-refractivity contribution < 1.29 is 30.9 Å². The molecular formula is C49H46N3O2Pt-. The Hall–Kier alpha value is -4.73. The number of phenolic OH excluding ortho intramolecular Hbond substituents is 1. The summed E-state index contributed by atoms with van der Waals surface area (Å²) in [6, 6.07) is 39.5. The van der Waals surface area contributed by atoms with Crippen molar-refractivity contribution in [1.29, 1.82) is 0 Å². The molecule has 3 heterocycles. The molecule has 5 nitrogen and oxygen atoms in total. The average Bonchev–Trinajstić information content (AvgIpc) is 3.79. The number of phenols is 1. The summed E-state index contributed by atoms with van der Waals surface area (Å²) in [5.74, 6) is 2.74. The minimum Gasteiger partial charge on any atom is -0.517 e. The Morgan fingerprint density at radius 2 is 1.53 bits per heavy atom. The van der Waals surface area contributed by atoms with Gasteiger partial charge >= 0.3 is 0 Å². The van der Waals surface area contributed by atoms with Gasteiger partial charge in [-0.2, -0.15) is 4.98 Å². The van der Waals surface area contributed by atoms with E-state index in [1.807, 2.05) is 54.7 Å². The number of benzene rings is 4. The van der Waals surface area contributed by atoms with Gasteiger partial charge in [0.15, 0.2) is 5.65 Å². The molecule has 6 heteroatoms. The Kier molecular flexibility index (Phi) is 8.62. The molecule has 0 radical (unpaired) electrons. The molecule has 1 saturated carbocycles. The zero-order valence-electron chi connectivity index (χ0n) is 31.9. The Labute approximate surface area is 338 Å². The summed E-state index contributed by atoms with van der Waals surface area (Å²) in [7, 11) is 0. The fraction of sp³-hybridized carbons (Fsp3) is 0.306. The molecule has 0 atom stereocenters. The second-order valence-electron chi connectivity index (χ2n) is 17.0. The van der Waals surface area contributed by atoms with Gasteiger partial charge in [-0.05, 0) is 101 Å². The van der Waals surface area contributed by atoms with Gasteiger partial charge in [-0.25, -0.2) is 4.98 Å². The van der Waals surface area contributed by atoms with Gasteiger partial charge in [0.05, 0.1) is 11.3 Å². The van der Waals surface area contributed by atoms with Crippen LogP contribution in [0.5, 0.6) is 17.4 Å². The molecule has 3 aliphatic rings. The van der Waals surface area contributed by atoms with E-state index in [2.05, 4.69) is 92.9 Å². The Bertz CT molecular complexity index is 2560. The topological polar surface area (TPSA) is 60.2 Å². The molecule has 0 amide bonds. The molecule has 0 saturated heterocycles. The molecule has 1 spiro atoms. The number of aromatic nitrogens is 3.